The van der Waals surface area contributed by atoms with Crippen molar-refractivity contribution in [1.29, 1.82) is 0 Å². The molecule has 0 saturated carbocycles. The molecule has 152 valence electrons. The molecule has 0 aliphatic carbocycles. The molecule has 0 unspecified atom stereocenters. The maximum atomic E-state index is 11.5. The van der Waals surface area contributed by atoms with E-state index >= 15 is 0 Å². The minimum atomic E-state index is -0.708. The second-order valence-electron chi connectivity index (χ2n) is 5.92. The van der Waals surface area contributed by atoms with Crippen molar-refractivity contribution in [2.24, 2.45) is 0 Å². The van der Waals surface area contributed by atoms with E-state index in [1.165, 1.54) is 0 Å². The Kier molecular flexibility index (Phi) is 15.5. The van der Waals surface area contributed by atoms with Crippen LogP contribution >= 0.6 is 0 Å². The first-order chi connectivity index (χ1) is 13.0. The molecule has 0 spiro atoms. The molecule has 0 saturated heterocycles. The molecule has 0 aliphatic heterocycles. The van der Waals surface area contributed by atoms with Gasteiger partial charge in [0, 0.05) is 25.0 Å². The molecular formula is C20H30O7. The quantitative estimate of drug-likeness (QED) is 0.133. The largest absolute Gasteiger partial charge is 0.462 e. The number of unbranched alkanes of at least 4 members (excludes halogenated alkanes) is 7. The van der Waals surface area contributed by atoms with Crippen LogP contribution in [0.1, 0.15) is 64.2 Å². The Bertz CT molecular complexity index is 497. The molecular weight excluding hydrogens is 352 g/mol. The number of hydrogen-bond donors (Lipinski definition) is 0. The third-order valence-electron chi connectivity index (χ3n) is 3.65. The molecule has 0 heterocycles. The molecule has 0 aromatic carbocycles. The minimum absolute atomic E-state index is 0.0406. The molecule has 0 radical (unpaired) electrons. The van der Waals surface area contributed by atoms with E-state index in [2.05, 4.69) is 17.9 Å². The summed E-state index contributed by atoms with van der Waals surface area (Å²) in [7, 11) is 0. The highest BCUT2D eigenvalue weighted by Gasteiger charge is 2.06. The highest BCUT2D eigenvalue weighted by Crippen LogP contribution is 2.11. The number of carbonyl (C=O) groups is 4. The molecule has 27 heavy (non-hydrogen) atoms. The lowest BCUT2D eigenvalue weighted by molar-refractivity contribution is -0.156. The van der Waals surface area contributed by atoms with E-state index in [-0.39, 0.29) is 25.6 Å². The molecule has 0 aliphatic rings. The van der Waals surface area contributed by atoms with Crippen molar-refractivity contribution in [2.45, 2.75) is 64.2 Å². The van der Waals surface area contributed by atoms with Gasteiger partial charge in [0.25, 0.3) is 0 Å². The van der Waals surface area contributed by atoms with Gasteiger partial charge in [0.2, 0.25) is 0 Å². The molecule has 0 aromatic heterocycles. The predicted octanol–water partition coefficient (Wildman–Crippen LogP) is 3.42. The number of rotatable bonds is 16. The van der Waals surface area contributed by atoms with Crippen LogP contribution in [0.5, 0.6) is 0 Å². The van der Waals surface area contributed by atoms with E-state index in [0.29, 0.717) is 12.8 Å². The fourth-order valence-corrected chi connectivity index (χ4v) is 2.23. The molecule has 0 amide bonds. The Morgan fingerprint density at radius 3 is 1.56 bits per heavy atom. The SMILES string of the molecule is C=CC(=O)OCCOC(=O)CCCCCCCCCCC(=O)OC(=O)C=C. The van der Waals surface area contributed by atoms with Crippen molar-refractivity contribution in [2.75, 3.05) is 13.2 Å². The van der Waals surface area contributed by atoms with Crippen LogP contribution < -0.4 is 0 Å². The van der Waals surface area contributed by atoms with E-state index in [0.717, 1.165) is 57.1 Å². The first kappa shape index (κ1) is 24.6. The van der Waals surface area contributed by atoms with Gasteiger partial charge in [-0.15, -0.1) is 0 Å². The maximum Gasteiger partial charge on any atom is 0.337 e. The first-order valence-electron chi connectivity index (χ1n) is 9.31. The number of ether oxygens (including phenoxy) is 3. The van der Waals surface area contributed by atoms with Crippen molar-refractivity contribution >= 4 is 23.9 Å². The van der Waals surface area contributed by atoms with Crippen molar-refractivity contribution in [3.63, 3.8) is 0 Å². The zero-order chi connectivity index (χ0) is 20.3. The molecule has 0 bridgehead atoms. The lowest BCUT2D eigenvalue weighted by atomic mass is 10.1. The minimum Gasteiger partial charge on any atom is -0.462 e. The highest BCUT2D eigenvalue weighted by molar-refractivity contribution is 5.91. The van der Waals surface area contributed by atoms with E-state index in [1.54, 1.807) is 0 Å². The molecule has 0 rings (SSSR count). The summed E-state index contributed by atoms with van der Waals surface area (Å²) in [6.07, 6.45) is 10.2. The van der Waals surface area contributed by atoms with E-state index in [1.807, 2.05) is 0 Å². The number of hydrogen-bond acceptors (Lipinski definition) is 7. The third kappa shape index (κ3) is 16.8. The van der Waals surface area contributed by atoms with Gasteiger partial charge in [0.1, 0.15) is 13.2 Å². The summed E-state index contributed by atoms with van der Waals surface area (Å²) in [6, 6.07) is 0. The second-order valence-corrected chi connectivity index (χ2v) is 5.92. The van der Waals surface area contributed by atoms with Crippen LogP contribution in [0, 0.1) is 0 Å². The standard InChI is InChI=1S/C20H30O7/c1-3-17(21)25-15-16-26-19(23)13-11-9-7-5-6-8-10-12-14-20(24)27-18(22)4-2/h3-4H,1-2,5-16H2. The van der Waals surface area contributed by atoms with Crippen molar-refractivity contribution in [3.8, 4) is 0 Å². The van der Waals surface area contributed by atoms with Crippen LogP contribution in [0.2, 0.25) is 0 Å². The van der Waals surface area contributed by atoms with Crippen molar-refractivity contribution in [3.05, 3.63) is 25.3 Å². The lowest BCUT2D eigenvalue weighted by Gasteiger charge is -2.05. The first-order valence-corrected chi connectivity index (χ1v) is 9.31. The van der Waals surface area contributed by atoms with E-state index < -0.39 is 17.9 Å². The summed E-state index contributed by atoms with van der Waals surface area (Å²) >= 11 is 0. The average Bonchev–Trinajstić information content (AvgIpc) is 2.66. The van der Waals surface area contributed by atoms with Crippen molar-refractivity contribution in [1.82, 2.24) is 0 Å². The van der Waals surface area contributed by atoms with Gasteiger partial charge in [0.05, 0.1) is 0 Å². The summed E-state index contributed by atoms with van der Waals surface area (Å²) < 4.78 is 14.1. The highest BCUT2D eigenvalue weighted by atomic mass is 16.6. The fourth-order valence-electron chi connectivity index (χ4n) is 2.23. The van der Waals surface area contributed by atoms with Gasteiger partial charge in [-0.1, -0.05) is 51.7 Å². The Morgan fingerprint density at radius 1 is 0.593 bits per heavy atom. The van der Waals surface area contributed by atoms with Crippen LogP contribution in [-0.2, 0) is 33.4 Å². The Labute approximate surface area is 160 Å². The normalized spacial score (nSPS) is 9.93. The summed E-state index contributed by atoms with van der Waals surface area (Å²) in [4.78, 5) is 44.3. The fraction of sp³-hybridized carbons (Fsp3) is 0.600. The predicted molar refractivity (Wildman–Crippen MR) is 99.6 cm³/mol. The van der Waals surface area contributed by atoms with Gasteiger partial charge in [-0.05, 0) is 12.8 Å². The van der Waals surface area contributed by atoms with Gasteiger partial charge >= 0.3 is 23.9 Å². The summed E-state index contributed by atoms with van der Waals surface area (Å²) in [5.74, 6) is -2.04. The Balaban J connectivity index is 3.35. The van der Waals surface area contributed by atoms with Crippen LogP contribution in [0.4, 0.5) is 0 Å². The van der Waals surface area contributed by atoms with E-state index in [4.69, 9.17) is 9.47 Å². The van der Waals surface area contributed by atoms with Gasteiger partial charge < -0.3 is 14.2 Å². The van der Waals surface area contributed by atoms with Gasteiger partial charge in [-0.2, -0.15) is 0 Å². The smallest absolute Gasteiger partial charge is 0.337 e. The molecule has 7 nitrogen and oxygen atoms in total. The maximum absolute atomic E-state index is 11.5. The summed E-state index contributed by atoms with van der Waals surface area (Å²) in [5, 5.41) is 0. The topological polar surface area (TPSA) is 96.0 Å². The van der Waals surface area contributed by atoms with Gasteiger partial charge in [-0.3, -0.25) is 9.59 Å². The number of carbonyl (C=O) groups excluding carboxylic acids is 4. The Morgan fingerprint density at radius 2 is 1.04 bits per heavy atom. The molecule has 0 fully saturated rings. The van der Waals surface area contributed by atoms with Crippen LogP contribution in [0.3, 0.4) is 0 Å². The Hall–Kier alpha value is -2.44. The van der Waals surface area contributed by atoms with Crippen molar-refractivity contribution < 1.29 is 33.4 Å². The van der Waals surface area contributed by atoms with E-state index in [9.17, 15) is 19.2 Å². The third-order valence-corrected chi connectivity index (χ3v) is 3.65. The average molecular weight is 382 g/mol. The van der Waals surface area contributed by atoms with Crippen LogP contribution in [0.15, 0.2) is 25.3 Å². The molecule has 7 heteroatoms. The molecule has 0 aromatic rings. The molecule has 0 N–H and O–H groups in total. The number of esters is 4. The van der Waals surface area contributed by atoms with Crippen LogP contribution in [0.25, 0.3) is 0 Å². The zero-order valence-corrected chi connectivity index (χ0v) is 15.9. The lowest BCUT2D eigenvalue weighted by Crippen LogP contribution is -2.12. The van der Waals surface area contributed by atoms with Crippen LogP contribution in [-0.4, -0.2) is 37.1 Å². The summed E-state index contributed by atoms with van der Waals surface area (Å²) in [5.41, 5.74) is 0. The second kappa shape index (κ2) is 17.0. The van der Waals surface area contributed by atoms with Gasteiger partial charge in [-0.25, -0.2) is 9.59 Å². The summed E-state index contributed by atoms with van der Waals surface area (Å²) in [6.45, 7) is 6.60. The monoisotopic (exact) mass is 382 g/mol. The zero-order valence-electron chi connectivity index (χ0n) is 15.9. The molecule has 0 atom stereocenters. The van der Waals surface area contributed by atoms with Gasteiger partial charge in [0.15, 0.2) is 0 Å².